The maximum absolute atomic E-state index is 13.8. The van der Waals surface area contributed by atoms with Gasteiger partial charge < -0.3 is 9.84 Å². The van der Waals surface area contributed by atoms with E-state index in [4.69, 9.17) is 4.74 Å². The lowest BCUT2D eigenvalue weighted by Crippen LogP contribution is -2.29. The molecule has 9 heteroatoms. The standard InChI is InChI=1S/C26H18BrFN2O4S/c1-2-34-18-10-5-15(6-11-18)23(31)21-22(14-3-7-16(27)8-4-14)30(25(33)24(21)32)26-29-19-12-9-17(28)13-20(19)35-26/h3-13,22,31H,2H2,1H3/t22-/m0/s1. The predicted molar refractivity (Wildman–Crippen MR) is 136 cm³/mol. The molecule has 1 amide bonds. The molecule has 1 N–H and O–H groups in total. The van der Waals surface area contributed by atoms with Crippen molar-refractivity contribution in [2.45, 2.75) is 13.0 Å². The Bertz CT molecular complexity index is 1480. The topological polar surface area (TPSA) is 79.7 Å². The number of fused-ring (bicyclic) bond motifs is 1. The molecule has 5 rings (SSSR count). The van der Waals surface area contributed by atoms with E-state index in [0.29, 0.717) is 33.7 Å². The minimum Gasteiger partial charge on any atom is -0.507 e. The van der Waals surface area contributed by atoms with Crippen molar-refractivity contribution in [3.05, 3.63) is 93.7 Å². The number of carbonyl (C=O) groups is 2. The molecule has 6 nitrogen and oxygen atoms in total. The second kappa shape index (κ2) is 9.24. The number of aliphatic hydroxyl groups is 1. The van der Waals surface area contributed by atoms with E-state index in [9.17, 15) is 19.1 Å². The number of hydrogen-bond acceptors (Lipinski definition) is 6. The number of thiazole rings is 1. The van der Waals surface area contributed by atoms with Gasteiger partial charge in [-0.2, -0.15) is 0 Å². The highest BCUT2D eigenvalue weighted by molar-refractivity contribution is 9.10. The lowest BCUT2D eigenvalue weighted by atomic mass is 9.95. The van der Waals surface area contributed by atoms with Gasteiger partial charge in [0.25, 0.3) is 5.78 Å². The van der Waals surface area contributed by atoms with Crippen LogP contribution in [0.4, 0.5) is 9.52 Å². The van der Waals surface area contributed by atoms with Gasteiger partial charge in [0.05, 0.1) is 28.4 Å². The second-order valence-corrected chi connectivity index (χ2v) is 9.71. The molecule has 1 fully saturated rings. The Labute approximate surface area is 212 Å². The summed E-state index contributed by atoms with van der Waals surface area (Å²) in [4.78, 5) is 32.3. The molecule has 1 aliphatic heterocycles. The molecule has 0 spiro atoms. The van der Waals surface area contributed by atoms with Crippen LogP contribution in [0.2, 0.25) is 0 Å². The molecule has 0 saturated carbocycles. The van der Waals surface area contributed by atoms with E-state index in [2.05, 4.69) is 20.9 Å². The van der Waals surface area contributed by atoms with E-state index in [1.54, 1.807) is 48.5 Å². The third-order valence-corrected chi connectivity index (χ3v) is 7.16. The highest BCUT2D eigenvalue weighted by Gasteiger charge is 2.48. The highest BCUT2D eigenvalue weighted by Crippen LogP contribution is 2.44. The largest absolute Gasteiger partial charge is 0.507 e. The zero-order valence-electron chi connectivity index (χ0n) is 18.4. The van der Waals surface area contributed by atoms with Crippen molar-refractivity contribution in [2.75, 3.05) is 11.5 Å². The SMILES string of the molecule is CCOc1ccc(C(O)=C2C(=O)C(=O)N(c3nc4ccc(F)cc4s3)[C@H]2c2ccc(Br)cc2)cc1. The van der Waals surface area contributed by atoms with Crippen molar-refractivity contribution < 1.29 is 23.8 Å². The van der Waals surface area contributed by atoms with E-state index >= 15 is 0 Å². The van der Waals surface area contributed by atoms with Crippen LogP contribution in [0.3, 0.4) is 0 Å². The lowest BCUT2D eigenvalue weighted by molar-refractivity contribution is -0.132. The van der Waals surface area contributed by atoms with Crippen LogP contribution in [-0.2, 0) is 9.59 Å². The van der Waals surface area contributed by atoms with Crippen LogP contribution >= 0.6 is 27.3 Å². The number of nitrogens with zero attached hydrogens (tertiary/aromatic N) is 2. The van der Waals surface area contributed by atoms with E-state index in [0.717, 1.165) is 15.8 Å². The Morgan fingerprint density at radius 2 is 1.83 bits per heavy atom. The number of amides is 1. The fourth-order valence-corrected chi connectivity index (χ4v) is 5.29. The van der Waals surface area contributed by atoms with Gasteiger partial charge >= 0.3 is 5.91 Å². The summed E-state index contributed by atoms with van der Waals surface area (Å²) < 4.78 is 20.6. The summed E-state index contributed by atoms with van der Waals surface area (Å²) in [7, 11) is 0. The van der Waals surface area contributed by atoms with E-state index in [1.807, 2.05) is 6.92 Å². The average molecular weight is 553 g/mol. The molecular weight excluding hydrogens is 535 g/mol. The van der Waals surface area contributed by atoms with Crippen molar-refractivity contribution in [3.8, 4) is 5.75 Å². The molecule has 0 aliphatic carbocycles. The number of benzene rings is 3. The van der Waals surface area contributed by atoms with Crippen LogP contribution in [-0.4, -0.2) is 28.4 Å². The Hall–Kier alpha value is -3.56. The van der Waals surface area contributed by atoms with Gasteiger partial charge in [0, 0.05) is 10.0 Å². The number of ketones is 1. The van der Waals surface area contributed by atoms with E-state index in [-0.39, 0.29) is 16.5 Å². The number of hydrogen-bond donors (Lipinski definition) is 1. The summed E-state index contributed by atoms with van der Waals surface area (Å²) in [6.45, 7) is 2.36. The average Bonchev–Trinajstić information content (AvgIpc) is 3.37. The first-order valence-corrected chi connectivity index (χ1v) is 12.3. The van der Waals surface area contributed by atoms with Crippen molar-refractivity contribution >= 4 is 60.1 Å². The maximum atomic E-state index is 13.8. The molecule has 1 aromatic heterocycles. The molecular formula is C26H18BrFN2O4S. The van der Waals surface area contributed by atoms with Gasteiger partial charge in [-0.3, -0.25) is 14.5 Å². The first-order valence-electron chi connectivity index (χ1n) is 10.7. The smallest absolute Gasteiger partial charge is 0.301 e. The van der Waals surface area contributed by atoms with Gasteiger partial charge in [0.1, 0.15) is 17.3 Å². The zero-order valence-corrected chi connectivity index (χ0v) is 20.8. The van der Waals surface area contributed by atoms with Gasteiger partial charge in [-0.25, -0.2) is 9.37 Å². The Balaban J connectivity index is 1.68. The third-order valence-electron chi connectivity index (χ3n) is 5.61. The van der Waals surface area contributed by atoms with Crippen molar-refractivity contribution in [2.24, 2.45) is 0 Å². The monoisotopic (exact) mass is 552 g/mol. The van der Waals surface area contributed by atoms with Crippen LogP contribution < -0.4 is 9.64 Å². The van der Waals surface area contributed by atoms with Crippen LogP contribution in [0.1, 0.15) is 24.1 Å². The number of aromatic nitrogens is 1. The first-order chi connectivity index (χ1) is 16.9. The predicted octanol–water partition coefficient (Wildman–Crippen LogP) is 6.22. The third kappa shape index (κ3) is 4.21. The van der Waals surface area contributed by atoms with Gasteiger partial charge in [0.15, 0.2) is 5.13 Å². The molecule has 3 aromatic carbocycles. The van der Waals surface area contributed by atoms with Crippen molar-refractivity contribution in [1.29, 1.82) is 0 Å². The number of carbonyl (C=O) groups excluding carboxylic acids is 2. The summed E-state index contributed by atoms with van der Waals surface area (Å²) in [5.41, 5.74) is 1.45. The first kappa shape index (κ1) is 23.2. The summed E-state index contributed by atoms with van der Waals surface area (Å²) in [5.74, 6) is -1.74. The van der Waals surface area contributed by atoms with Crippen LogP contribution in [0.15, 0.2) is 76.8 Å². The second-order valence-electron chi connectivity index (χ2n) is 7.79. The molecule has 1 saturated heterocycles. The fraction of sp³-hybridized carbons (Fsp3) is 0.115. The molecule has 2 heterocycles. The van der Waals surface area contributed by atoms with E-state index < -0.39 is 23.5 Å². The van der Waals surface area contributed by atoms with Gasteiger partial charge in [-0.05, 0) is 67.1 Å². The normalized spacial score (nSPS) is 17.3. The highest BCUT2D eigenvalue weighted by atomic mass is 79.9. The quantitative estimate of drug-likeness (QED) is 0.180. The molecule has 1 atom stereocenters. The number of halogens is 2. The summed E-state index contributed by atoms with van der Waals surface area (Å²) in [5, 5.41) is 11.5. The van der Waals surface area contributed by atoms with Crippen molar-refractivity contribution in [1.82, 2.24) is 4.98 Å². The summed E-state index contributed by atoms with van der Waals surface area (Å²) in [6, 6.07) is 17.0. The minimum atomic E-state index is -0.917. The molecule has 1 aliphatic rings. The van der Waals surface area contributed by atoms with Gasteiger partial charge in [-0.1, -0.05) is 39.4 Å². The van der Waals surface area contributed by atoms with E-state index in [1.165, 1.54) is 23.1 Å². The van der Waals surface area contributed by atoms with Crippen LogP contribution in [0.25, 0.3) is 16.0 Å². The maximum Gasteiger partial charge on any atom is 0.301 e. The Morgan fingerprint density at radius 1 is 1.11 bits per heavy atom. The van der Waals surface area contributed by atoms with Crippen LogP contribution in [0.5, 0.6) is 5.75 Å². The van der Waals surface area contributed by atoms with Gasteiger partial charge in [-0.15, -0.1) is 0 Å². The summed E-state index contributed by atoms with van der Waals surface area (Å²) in [6.07, 6.45) is 0. The number of Topliss-reactive ketones (excluding diaryl/α,β-unsaturated/α-hetero) is 1. The summed E-state index contributed by atoms with van der Waals surface area (Å²) >= 11 is 4.51. The molecule has 35 heavy (non-hydrogen) atoms. The van der Waals surface area contributed by atoms with Crippen molar-refractivity contribution in [3.63, 3.8) is 0 Å². The number of anilines is 1. The molecule has 0 unspecified atom stereocenters. The van der Waals surface area contributed by atoms with Gasteiger partial charge in [0.2, 0.25) is 0 Å². The minimum absolute atomic E-state index is 0.0491. The Morgan fingerprint density at radius 3 is 2.51 bits per heavy atom. The Kier molecular flexibility index (Phi) is 6.12. The number of ether oxygens (including phenoxy) is 1. The molecule has 4 aromatic rings. The van der Waals surface area contributed by atoms with Crippen LogP contribution in [0, 0.1) is 5.82 Å². The lowest BCUT2D eigenvalue weighted by Gasteiger charge is -2.23. The molecule has 176 valence electrons. The number of rotatable bonds is 5. The fourth-order valence-electron chi connectivity index (χ4n) is 4.01. The number of aliphatic hydroxyl groups excluding tert-OH is 1. The molecule has 0 bridgehead atoms. The molecule has 0 radical (unpaired) electrons. The zero-order chi connectivity index (χ0) is 24.7.